The molecule has 0 aliphatic carbocycles. The second kappa shape index (κ2) is 5.68. The van der Waals surface area contributed by atoms with Crippen molar-refractivity contribution >= 4 is 23.1 Å². The summed E-state index contributed by atoms with van der Waals surface area (Å²) in [6, 6.07) is 1.56. The van der Waals surface area contributed by atoms with E-state index in [0.29, 0.717) is 18.2 Å². The molecule has 6 nitrogen and oxygen atoms in total. The average Bonchev–Trinajstić information content (AvgIpc) is 2.36. The van der Waals surface area contributed by atoms with E-state index in [0.717, 1.165) is 0 Å². The van der Waals surface area contributed by atoms with Crippen LogP contribution in [0.5, 0.6) is 0 Å². The molecule has 0 fully saturated rings. The minimum atomic E-state index is -4.72. The normalized spacial score (nSPS) is 11.0. The molecule has 1 amide bonds. The number of hydrogen-bond acceptors (Lipinski definition) is 4. The summed E-state index contributed by atoms with van der Waals surface area (Å²) >= 11 is 0. The molecule has 0 saturated heterocycles. The van der Waals surface area contributed by atoms with Gasteiger partial charge in [-0.1, -0.05) is 6.92 Å². The Morgan fingerprint density at radius 3 is 2.40 bits per heavy atom. The predicted octanol–water partition coefficient (Wildman–Crippen LogP) is 2.53. The second-order valence-electron chi connectivity index (χ2n) is 3.72. The maximum atomic E-state index is 12.5. The standard InChI is InChI=1S/C11H9F3N2O4/c1-2-9(17)10(18)15-7-5-6(11(12,13)14)3-4-8(7)16(19)20/h3-5H,2H2,1H3,(H,15,18). The van der Waals surface area contributed by atoms with E-state index in [9.17, 15) is 32.9 Å². The van der Waals surface area contributed by atoms with E-state index in [1.807, 2.05) is 5.32 Å². The van der Waals surface area contributed by atoms with Gasteiger partial charge in [0.15, 0.2) is 0 Å². The zero-order valence-electron chi connectivity index (χ0n) is 10.2. The summed E-state index contributed by atoms with van der Waals surface area (Å²) in [6.07, 6.45) is -4.89. The number of anilines is 1. The van der Waals surface area contributed by atoms with Crippen molar-refractivity contribution in [3.63, 3.8) is 0 Å². The van der Waals surface area contributed by atoms with Crippen LogP contribution in [0.2, 0.25) is 0 Å². The van der Waals surface area contributed by atoms with Gasteiger partial charge in [-0.25, -0.2) is 0 Å². The number of carbonyl (C=O) groups excluding carboxylic acids is 2. The van der Waals surface area contributed by atoms with E-state index < -0.39 is 39.7 Å². The molecule has 0 bridgehead atoms. The van der Waals surface area contributed by atoms with Crippen molar-refractivity contribution in [3.05, 3.63) is 33.9 Å². The van der Waals surface area contributed by atoms with E-state index in [1.165, 1.54) is 6.92 Å². The number of nitro benzene ring substituents is 1. The molecule has 0 spiro atoms. The van der Waals surface area contributed by atoms with Gasteiger partial charge >= 0.3 is 6.18 Å². The number of nitrogens with one attached hydrogen (secondary N) is 1. The van der Waals surface area contributed by atoms with Crippen LogP contribution < -0.4 is 5.32 Å². The van der Waals surface area contributed by atoms with Crippen molar-refractivity contribution in [2.24, 2.45) is 0 Å². The van der Waals surface area contributed by atoms with Crippen LogP contribution in [0.3, 0.4) is 0 Å². The number of carbonyl (C=O) groups is 2. The van der Waals surface area contributed by atoms with Gasteiger partial charge in [0.05, 0.1) is 10.5 Å². The summed E-state index contributed by atoms with van der Waals surface area (Å²) in [5, 5.41) is 12.5. The third kappa shape index (κ3) is 3.53. The molecule has 1 aromatic rings. The summed E-state index contributed by atoms with van der Waals surface area (Å²) in [7, 11) is 0. The molecule has 1 N–H and O–H groups in total. The van der Waals surface area contributed by atoms with Crippen LogP contribution in [0.4, 0.5) is 24.5 Å². The Bertz CT molecular complexity index is 569. The van der Waals surface area contributed by atoms with E-state index in [-0.39, 0.29) is 6.42 Å². The monoisotopic (exact) mass is 290 g/mol. The molecule has 108 valence electrons. The number of alkyl halides is 3. The first-order chi connectivity index (χ1) is 9.16. The summed E-state index contributed by atoms with van der Waals surface area (Å²) < 4.78 is 37.5. The number of Topliss-reactive ketones (excluding diaryl/α,β-unsaturated/α-hetero) is 1. The summed E-state index contributed by atoms with van der Waals surface area (Å²) in [4.78, 5) is 32.1. The number of amides is 1. The van der Waals surface area contributed by atoms with Crippen molar-refractivity contribution in [1.29, 1.82) is 0 Å². The van der Waals surface area contributed by atoms with Crippen LogP contribution in [-0.2, 0) is 15.8 Å². The molecule has 0 aliphatic rings. The van der Waals surface area contributed by atoms with Crippen molar-refractivity contribution in [3.8, 4) is 0 Å². The van der Waals surface area contributed by atoms with Gasteiger partial charge in [0.2, 0.25) is 5.78 Å². The SMILES string of the molecule is CCC(=O)C(=O)Nc1cc(C(F)(F)F)ccc1[N+](=O)[O-]. The third-order valence-electron chi connectivity index (χ3n) is 2.34. The van der Waals surface area contributed by atoms with Gasteiger partial charge in [-0.3, -0.25) is 19.7 Å². The molecular formula is C11H9F3N2O4. The Balaban J connectivity index is 3.23. The Morgan fingerprint density at radius 2 is 1.95 bits per heavy atom. The molecule has 0 atom stereocenters. The van der Waals surface area contributed by atoms with Crippen LogP contribution in [0, 0.1) is 10.1 Å². The van der Waals surface area contributed by atoms with Crippen molar-refractivity contribution in [2.75, 3.05) is 5.32 Å². The van der Waals surface area contributed by atoms with Gasteiger partial charge in [0.1, 0.15) is 5.69 Å². The van der Waals surface area contributed by atoms with Crippen LogP contribution in [0.15, 0.2) is 18.2 Å². The largest absolute Gasteiger partial charge is 0.416 e. The number of nitro groups is 1. The number of benzene rings is 1. The van der Waals surface area contributed by atoms with Gasteiger partial charge in [-0.15, -0.1) is 0 Å². The topological polar surface area (TPSA) is 89.3 Å². The minimum Gasteiger partial charge on any atom is -0.314 e. The highest BCUT2D eigenvalue weighted by molar-refractivity contribution is 6.40. The van der Waals surface area contributed by atoms with Gasteiger partial charge < -0.3 is 5.32 Å². The van der Waals surface area contributed by atoms with E-state index in [1.54, 1.807) is 0 Å². The second-order valence-corrected chi connectivity index (χ2v) is 3.72. The lowest BCUT2D eigenvalue weighted by Gasteiger charge is -2.10. The molecular weight excluding hydrogens is 281 g/mol. The van der Waals surface area contributed by atoms with Crippen LogP contribution >= 0.6 is 0 Å². The first-order valence-electron chi connectivity index (χ1n) is 5.36. The van der Waals surface area contributed by atoms with Gasteiger partial charge in [-0.2, -0.15) is 13.2 Å². The molecule has 0 aromatic heterocycles. The number of hydrogen-bond donors (Lipinski definition) is 1. The Labute approximate surface area is 110 Å². The minimum absolute atomic E-state index is 0.168. The molecule has 1 rings (SSSR count). The Morgan fingerprint density at radius 1 is 1.35 bits per heavy atom. The zero-order chi connectivity index (χ0) is 15.5. The zero-order valence-corrected chi connectivity index (χ0v) is 10.2. The molecule has 9 heteroatoms. The van der Waals surface area contributed by atoms with Crippen molar-refractivity contribution in [2.45, 2.75) is 19.5 Å². The quantitative estimate of drug-likeness (QED) is 0.524. The number of rotatable bonds is 4. The highest BCUT2D eigenvalue weighted by atomic mass is 19.4. The first kappa shape index (κ1) is 15.6. The van der Waals surface area contributed by atoms with E-state index >= 15 is 0 Å². The average molecular weight is 290 g/mol. The van der Waals surface area contributed by atoms with Crippen molar-refractivity contribution < 1.29 is 27.7 Å². The molecule has 0 saturated carbocycles. The lowest BCUT2D eigenvalue weighted by Crippen LogP contribution is -2.22. The van der Waals surface area contributed by atoms with Crippen LogP contribution in [0.25, 0.3) is 0 Å². The third-order valence-corrected chi connectivity index (χ3v) is 2.34. The fraction of sp³-hybridized carbons (Fsp3) is 0.273. The molecule has 0 heterocycles. The van der Waals surface area contributed by atoms with Crippen LogP contribution in [-0.4, -0.2) is 16.6 Å². The van der Waals surface area contributed by atoms with E-state index in [2.05, 4.69) is 0 Å². The molecule has 20 heavy (non-hydrogen) atoms. The highest BCUT2D eigenvalue weighted by Crippen LogP contribution is 2.34. The predicted molar refractivity (Wildman–Crippen MR) is 62.0 cm³/mol. The fourth-order valence-corrected chi connectivity index (χ4v) is 1.32. The van der Waals surface area contributed by atoms with Gasteiger partial charge in [-0.05, 0) is 12.1 Å². The van der Waals surface area contributed by atoms with Crippen molar-refractivity contribution in [1.82, 2.24) is 0 Å². The number of halogens is 3. The maximum Gasteiger partial charge on any atom is 0.416 e. The smallest absolute Gasteiger partial charge is 0.314 e. The lowest BCUT2D eigenvalue weighted by molar-refractivity contribution is -0.384. The Kier molecular flexibility index (Phi) is 4.43. The molecule has 0 radical (unpaired) electrons. The van der Waals surface area contributed by atoms with Gasteiger partial charge in [0, 0.05) is 12.5 Å². The highest BCUT2D eigenvalue weighted by Gasteiger charge is 2.32. The fourth-order valence-electron chi connectivity index (χ4n) is 1.32. The molecule has 1 aromatic carbocycles. The summed E-state index contributed by atoms with van der Waals surface area (Å²) in [6.45, 7) is 1.38. The Hall–Kier alpha value is -2.45. The van der Waals surface area contributed by atoms with E-state index in [4.69, 9.17) is 0 Å². The summed E-state index contributed by atoms with van der Waals surface area (Å²) in [5.74, 6) is -2.09. The van der Waals surface area contributed by atoms with Crippen LogP contribution in [0.1, 0.15) is 18.9 Å². The maximum absolute atomic E-state index is 12.5. The molecule has 0 aliphatic heterocycles. The lowest BCUT2D eigenvalue weighted by atomic mass is 10.1. The number of ketones is 1. The molecule has 0 unspecified atom stereocenters. The summed E-state index contributed by atoms with van der Waals surface area (Å²) in [5.41, 5.74) is -2.56. The van der Waals surface area contributed by atoms with Gasteiger partial charge in [0.25, 0.3) is 11.6 Å². The first-order valence-corrected chi connectivity index (χ1v) is 5.36. The number of nitrogens with zero attached hydrogens (tertiary/aromatic N) is 1.